The molecule has 5 nitrogen and oxygen atoms in total. The van der Waals surface area contributed by atoms with Crippen molar-refractivity contribution in [1.82, 2.24) is 15.1 Å². The second-order valence-corrected chi connectivity index (χ2v) is 8.03. The first-order chi connectivity index (χ1) is 12.2. The third kappa shape index (κ3) is 4.42. The van der Waals surface area contributed by atoms with Gasteiger partial charge in [0.2, 0.25) is 5.91 Å². The molecule has 0 bridgehead atoms. The van der Waals surface area contributed by atoms with Gasteiger partial charge in [-0.2, -0.15) is 0 Å². The number of thiophene rings is 1. The summed E-state index contributed by atoms with van der Waals surface area (Å²) in [4.78, 5) is 30.3. The fourth-order valence-corrected chi connectivity index (χ4v) is 4.75. The molecule has 2 fully saturated rings. The van der Waals surface area contributed by atoms with Gasteiger partial charge in [-0.1, -0.05) is 25.8 Å². The van der Waals surface area contributed by atoms with Gasteiger partial charge < -0.3 is 10.2 Å². The van der Waals surface area contributed by atoms with Crippen LogP contribution in [0.15, 0.2) is 17.5 Å². The molecule has 0 radical (unpaired) electrons. The van der Waals surface area contributed by atoms with E-state index < -0.39 is 0 Å². The third-order valence-corrected chi connectivity index (χ3v) is 6.25. The Bertz CT molecular complexity index is 561. The Kier molecular flexibility index (Phi) is 6.48. The number of nitrogens with zero attached hydrogens (tertiary/aromatic N) is 2. The van der Waals surface area contributed by atoms with Crippen molar-refractivity contribution in [1.29, 1.82) is 0 Å². The minimum absolute atomic E-state index is 0.0203. The molecule has 1 saturated heterocycles. The number of piperazine rings is 1. The summed E-state index contributed by atoms with van der Waals surface area (Å²) in [7, 11) is 0. The van der Waals surface area contributed by atoms with Gasteiger partial charge in [-0.25, -0.2) is 0 Å². The number of carbonyl (C=O) groups is 2. The van der Waals surface area contributed by atoms with Gasteiger partial charge in [-0.3, -0.25) is 14.5 Å². The Balaban J connectivity index is 1.61. The molecule has 1 aromatic heterocycles. The van der Waals surface area contributed by atoms with Crippen LogP contribution in [0.25, 0.3) is 0 Å². The monoisotopic (exact) mass is 363 g/mol. The van der Waals surface area contributed by atoms with Crippen LogP contribution in [0.1, 0.15) is 48.7 Å². The first kappa shape index (κ1) is 18.4. The Morgan fingerprint density at radius 3 is 2.56 bits per heavy atom. The highest BCUT2D eigenvalue weighted by molar-refractivity contribution is 7.12. The quantitative estimate of drug-likeness (QED) is 0.845. The lowest BCUT2D eigenvalue weighted by Crippen LogP contribution is -2.58. The second-order valence-electron chi connectivity index (χ2n) is 7.09. The molecule has 6 heteroatoms. The van der Waals surface area contributed by atoms with Crippen LogP contribution in [0, 0.1) is 5.92 Å². The van der Waals surface area contributed by atoms with E-state index in [-0.39, 0.29) is 17.9 Å². The maximum atomic E-state index is 12.8. The summed E-state index contributed by atoms with van der Waals surface area (Å²) in [6.45, 7) is 5.83. The van der Waals surface area contributed by atoms with Crippen molar-refractivity contribution in [2.24, 2.45) is 5.92 Å². The molecule has 0 unspecified atom stereocenters. The van der Waals surface area contributed by atoms with E-state index in [1.165, 1.54) is 24.2 Å². The molecule has 1 aliphatic carbocycles. The Labute approximate surface area is 154 Å². The van der Waals surface area contributed by atoms with Gasteiger partial charge >= 0.3 is 0 Å². The number of rotatable bonds is 6. The lowest BCUT2D eigenvalue weighted by Gasteiger charge is -2.40. The zero-order valence-corrected chi connectivity index (χ0v) is 15.9. The highest BCUT2D eigenvalue weighted by Crippen LogP contribution is 2.31. The minimum atomic E-state index is -0.0203. The smallest absolute Gasteiger partial charge is 0.264 e. The Hall–Kier alpha value is -1.40. The molecule has 1 aromatic rings. The highest BCUT2D eigenvalue weighted by Gasteiger charge is 2.37. The summed E-state index contributed by atoms with van der Waals surface area (Å²) in [6.07, 6.45) is 5.74. The first-order valence-corrected chi connectivity index (χ1v) is 10.4. The Morgan fingerprint density at radius 1 is 1.24 bits per heavy atom. The number of carbonyl (C=O) groups excluding carboxylic acids is 2. The summed E-state index contributed by atoms with van der Waals surface area (Å²) in [5.74, 6) is 0.783. The summed E-state index contributed by atoms with van der Waals surface area (Å²) in [5.41, 5.74) is 0. The van der Waals surface area contributed by atoms with Gasteiger partial charge in [0.25, 0.3) is 5.91 Å². The SMILES string of the molecule is CCCNC(=O)[C@@H](C1CCCC1)N1CCN(C(=O)c2cccs2)CC1. The van der Waals surface area contributed by atoms with E-state index in [2.05, 4.69) is 17.1 Å². The summed E-state index contributed by atoms with van der Waals surface area (Å²) >= 11 is 1.50. The van der Waals surface area contributed by atoms with Crippen molar-refractivity contribution < 1.29 is 9.59 Å². The van der Waals surface area contributed by atoms with Gasteiger partial charge in [0.1, 0.15) is 0 Å². The molecular formula is C19H29N3O2S. The van der Waals surface area contributed by atoms with Gasteiger partial charge in [0, 0.05) is 32.7 Å². The first-order valence-electron chi connectivity index (χ1n) is 9.55. The summed E-state index contributed by atoms with van der Waals surface area (Å²) in [5, 5.41) is 5.05. The second kappa shape index (κ2) is 8.81. The van der Waals surface area contributed by atoms with E-state index in [0.717, 1.165) is 43.8 Å². The molecule has 138 valence electrons. The van der Waals surface area contributed by atoms with Crippen LogP contribution in [-0.2, 0) is 4.79 Å². The van der Waals surface area contributed by atoms with Crippen molar-refractivity contribution in [2.45, 2.75) is 45.1 Å². The van der Waals surface area contributed by atoms with Crippen molar-refractivity contribution in [3.63, 3.8) is 0 Å². The van der Waals surface area contributed by atoms with Crippen LogP contribution in [0.3, 0.4) is 0 Å². The van der Waals surface area contributed by atoms with E-state index in [1.807, 2.05) is 22.4 Å². The average Bonchev–Trinajstić information content (AvgIpc) is 3.34. The molecule has 1 saturated carbocycles. The zero-order valence-electron chi connectivity index (χ0n) is 15.1. The zero-order chi connectivity index (χ0) is 17.6. The van der Waals surface area contributed by atoms with Crippen LogP contribution in [0.4, 0.5) is 0 Å². The van der Waals surface area contributed by atoms with Crippen molar-refractivity contribution in [3.05, 3.63) is 22.4 Å². The van der Waals surface area contributed by atoms with E-state index in [4.69, 9.17) is 0 Å². The predicted octanol–water partition coefficient (Wildman–Crippen LogP) is 2.59. The van der Waals surface area contributed by atoms with E-state index in [1.54, 1.807) is 0 Å². The average molecular weight is 364 g/mol. The molecular weight excluding hydrogens is 334 g/mol. The molecule has 25 heavy (non-hydrogen) atoms. The highest BCUT2D eigenvalue weighted by atomic mass is 32.1. The maximum absolute atomic E-state index is 12.8. The molecule has 1 aliphatic heterocycles. The molecule has 1 N–H and O–H groups in total. The van der Waals surface area contributed by atoms with Crippen molar-refractivity contribution >= 4 is 23.2 Å². The largest absolute Gasteiger partial charge is 0.355 e. The van der Waals surface area contributed by atoms with Crippen molar-refractivity contribution in [2.75, 3.05) is 32.7 Å². The normalized spacial score (nSPS) is 20.6. The van der Waals surface area contributed by atoms with Crippen LogP contribution >= 0.6 is 11.3 Å². The van der Waals surface area contributed by atoms with E-state index in [0.29, 0.717) is 19.0 Å². The van der Waals surface area contributed by atoms with Gasteiger partial charge in [0.05, 0.1) is 10.9 Å². The van der Waals surface area contributed by atoms with Gasteiger partial charge in [-0.15, -0.1) is 11.3 Å². The summed E-state index contributed by atoms with van der Waals surface area (Å²) < 4.78 is 0. The third-order valence-electron chi connectivity index (χ3n) is 5.39. The number of hydrogen-bond donors (Lipinski definition) is 1. The van der Waals surface area contributed by atoms with Crippen LogP contribution < -0.4 is 5.32 Å². The van der Waals surface area contributed by atoms with Crippen molar-refractivity contribution in [3.8, 4) is 0 Å². The van der Waals surface area contributed by atoms with Crippen LogP contribution in [0.2, 0.25) is 0 Å². The fraction of sp³-hybridized carbons (Fsp3) is 0.684. The number of nitrogens with one attached hydrogen (secondary N) is 1. The van der Waals surface area contributed by atoms with Crippen LogP contribution in [0.5, 0.6) is 0 Å². The standard InChI is InChI=1S/C19H29N3O2S/c1-2-9-20-18(23)17(15-6-3-4-7-15)21-10-12-22(13-11-21)19(24)16-8-5-14-25-16/h5,8,14-15,17H,2-4,6-7,9-13H2,1H3,(H,20,23)/t17-/m1/s1. The summed E-state index contributed by atoms with van der Waals surface area (Å²) in [6, 6.07) is 3.79. The Morgan fingerprint density at radius 2 is 1.96 bits per heavy atom. The topological polar surface area (TPSA) is 52.7 Å². The molecule has 1 atom stereocenters. The molecule has 0 spiro atoms. The van der Waals surface area contributed by atoms with Crippen LogP contribution in [-0.4, -0.2) is 60.4 Å². The minimum Gasteiger partial charge on any atom is -0.355 e. The molecule has 0 aromatic carbocycles. The molecule has 2 aliphatic rings. The molecule has 3 rings (SSSR count). The number of hydrogen-bond acceptors (Lipinski definition) is 4. The van der Waals surface area contributed by atoms with E-state index >= 15 is 0 Å². The van der Waals surface area contributed by atoms with E-state index in [9.17, 15) is 9.59 Å². The lowest BCUT2D eigenvalue weighted by molar-refractivity contribution is -0.129. The molecule has 2 heterocycles. The maximum Gasteiger partial charge on any atom is 0.264 e. The lowest BCUT2D eigenvalue weighted by atomic mass is 9.95. The van der Waals surface area contributed by atoms with Gasteiger partial charge in [0.15, 0.2) is 0 Å². The predicted molar refractivity (Wildman–Crippen MR) is 101 cm³/mol. The molecule has 2 amide bonds. The fourth-order valence-electron chi connectivity index (χ4n) is 4.06. The van der Waals surface area contributed by atoms with Gasteiger partial charge in [-0.05, 0) is 36.6 Å². The number of amides is 2.